The van der Waals surface area contributed by atoms with Gasteiger partial charge in [-0.05, 0) is 46.2 Å². The predicted molar refractivity (Wildman–Crippen MR) is 92.9 cm³/mol. The number of hydrogen-bond acceptors (Lipinski definition) is 5. The maximum atomic E-state index is 12.2. The molecule has 0 aliphatic carbocycles. The van der Waals surface area contributed by atoms with Gasteiger partial charge in [0, 0.05) is 24.8 Å². The van der Waals surface area contributed by atoms with Crippen LogP contribution in [-0.4, -0.2) is 59.3 Å². The highest BCUT2D eigenvalue weighted by atomic mass is 16.5. The molecule has 7 nitrogen and oxygen atoms in total. The van der Waals surface area contributed by atoms with Crippen molar-refractivity contribution in [3.63, 3.8) is 0 Å². The largest absolute Gasteiger partial charge is 0.462 e. The normalized spacial score (nSPS) is 17.5. The van der Waals surface area contributed by atoms with E-state index < -0.39 is 0 Å². The molecule has 2 heterocycles. The van der Waals surface area contributed by atoms with Crippen molar-refractivity contribution in [1.82, 2.24) is 20.4 Å². The van der Waals surface area contributed by atoms with Crippen LogP contribution in [0.25, 0.3) is 0 Å². The molecule has 1 aromatic rings. The Kier molecular flexibility index (Phi) is 7.41. The fourth-order valence-corrected chi connectivity index (χ4v) is 2.23. The van der Waals surface area contributed by atoms with Crippen LogP contribution in [0.5, 0.6) is 0 Å². The Hall–Kier alpha value is -1.89. The van der Waals surface area contributed by atoms with E-state index in [2.05, 4.69) is 34.1 Å². The Balaban J connectivity index is 0.000000351. The van der Waals surface area contributed by atoms with Crippen LogP contribution in [0.15, 0.2) is 6.07 Å². The monoisotopic (exact) mass is 338 g/mol. The Morgan fingerprint density at radius 2 is 2.17 bits per heavy atom. The standard InChI is InChI=1S/C12H20N4O.C5H10O2/c1-8(2)10-6-11(15-14-10)12(17)16-5-4-9(7-16)13-3;1-5(2,3)7-4-6/h6,8-9,13H,4-5,7H2,1-3H3,(H,14,15);4H,1-3H3. The van der Waals surface area contributed by atoms with Gasteiger partial charge in [-0.2, -0.15) is 5.10 Å². The van der Waals surface area contributed by atoms with E-state index in [-0.39, 0.29) is 11.5 Å². The number of ether oxygens (including phenoxy) is 1. The van der Waals surface area contributed by atoms with Gasteiger partial charge in [-0.1, -0.05) is 13.8 Å². The minimum atomic E-state index is -0.318. The maximum absolute atomic E-state index is 12.2. The quantitative estimate of drug-likeness (QED) is 0.819. The number of amides is 1. The molecule has 0 saturated carbocycles. The highest BCUT2D eigenvalue weighted by molar-refractivity contribution is 5.92. The van der Waals surface area contributed by atoms with E-state index in [0.29, 0.717) is 24.1 Å². The molecule has 1 aliphatic rings. The first kappa shape index (κ1) is 20.2. The van der Waals surface area contributed by atoms with E-state index in [9.17, 15) is 9.59 Å². The third-order valence-electron chi connectivity index (χ3n) is 3.72. The van der Waals surface area contributed by atoms with Crippen molar-refractivity contribution in [2.45, 2.75) is 58.6 Å². The van der Waals surface area contributed by atoms with Gasteiger partial charge in [0.1, 0.15) is 11.3 Å². The smallest absolute Gasteiger partial charge is 0.293 e. The van der Waals surface area contributed by atoms with E-state index in [1.807, 2.05) is 38.8 Å². The van der Waals surface area contributed by atoms with E-state index in [4.69, 9.17) is 0 Å². The Bertz CT molecular complexity index is 534. The van der Waals surface area contributed by atoms with Gasteiger partial charge < -0.3 is 15.0 Å². The van der Waals surface area contributed by atoms with Crippen LogP contribution in [0, 0.1) is 0 Å². The zero-order chi connectivity index (χ0) is 18.3. The van der Waals surface area contributed by atoms with E-state index in [1.54, 1.807) is 0 Å². The lowest BCUT2D eigenvalue weighted by molar-refractivity contribution is -0.138. The van der Waals surface area contributed by atoms with Crippen LogP contribution in [0.1, 0.15) is 63.1 Å². The number of likely N-dealkylation sites (tertiary alicyclic amines) is 1. The van der Waals surface area contributed by atoms with Gasteiger partial charge in [-0.3, -0.25) is 14.7 Å². The summed E-state index contributed by atoms with van der Waals surface area (Å²) in [6.07, 6.45) is 1.02. The number of nitrogens with one attached hydrogen (secondary N) is 2. The van der Waals surface area contributed by atoms with Crippen molar-refractivity contribution >= 4 is 12.4 Å². The second kappa shape index (κ2) is 8.82. The molecule has 1 aliphatic heterocycles. The van der Waals surface area contributed by atoms with Gasteiger partial charge in [0.2, 0.25) is 0 Å². The predicted octanol–water partition coefficient (Wildman–Crippen LogP) is 1.92. The number of nitrogens with zero attached hydrogens (tertiary/aromatic N) is 2. The summed E-state index contributed by atoms with van der Waals surface area (Å²) in [5.41, 5.74) is 1.23. The van der Waals surface area contributed by atoms with Gasteiger partial charge in [0.25, 0.3) is 12.4 Å². The van der Waals surface area contributed by atoms with Gasteiger partial charge in [0.15, 0.2) is 0 Å². The number of rotatable bonds is 4. The fourth-order valence-electron chi connectivity index (χ4n) is 2.23. The highest BCUT2D eigenvalue weighted by Crippen LogP contribution is 2.16. The SMILES string of the molecule is CC(C)(C)OC=O.CNC1CCN(C(=O)c2cc(C(C)C)[nH]n2)C1. The van der Waals surface area contributed by atoms with E-state index in [1.165, 1.54) is 0 Å². The Morgan fingerprint density at radius 3 is 2.54 bits per heavy atom. The highest BCUT2D eigenvalue weighted by Gasteiger charge is 2.27. The first-order chi connectivity index (χ1) is 11.2. The number of hydrogen-bond donors (Lipinski definition) is 2. The number of aromatic amines is 1. The topological polar surface area (TPSA) is 87.3 Å². The number of H-pyrrole nitrogens is 1. The summed E-state index contributed by atoms with van der Waals surface area (Å²) in [5.74, 6) is 0.401. The van der Waals surface area contributed by atoms with Gasteiger partial charge >= 0.3 is 0 Å². The molecule has 7 heteroatoms. The van der Waals surface area contributed by atoms with Crippen molar-refractivity contribution in [3.8, 4) is 0 Å². The number of carbonyl (C=O) groups excluding carboxylic acids is 2. The van der Waals surface area contributed by atoms with Crippen LogP contribution in [-0.2, 0) is 9.53 Å². The Morgan fingerprint density at radius 1 is 1.50 bits per heavy atom. The lowest BCUT2D eigenvalue weighted by Crippen LogP contribution is -2.33. The molecule has 0 radical (unpaired) electrons. The molecule has 2 N–H and O–H groups in total. The van der Waals surface area contributed by atoms with Crippen LogP contribution in [0.4, 0.5) is 0 Å². The van der Waals surface area contributed by atoms with Crippen LogP contribution in [0.2, 0.25) is 0 Å². The number of likely N-dealkylation sites (N-methyl/N-ethyl adjacent to an activating group) is 1. The molecule has 1 unspecified atom stereocenters. The van der Waals surface area contributed by atoms with E-state index in [0.717, 1.165) is 25.2 Å². The third kappa shape index (κ3) is 6.31. The molecule has 2 rings (SSSR count). The van der Waals surface area contributed by atoms with Crippen molar-refractivity contribution in [3.05, 3.63) is 17.5 Å². The summed E-state index contributed by atoms with van der Waals surface area (Å²) in [4.78, 5) is 23.6. The minimum absolute atomic E-state index is 0.0332. The molecule has 1 atom stereocenters. The second-order valence-corrected chi connectivity index (χ2v) is 7.22. The van der Waals surface area contributed by atoms with Crippen LogP contribution < -0.4 is 5.32 Å². The summed E-state index contributed by atoms with van der Waals surface area (Å²) >= 11 is 0. The molecule has 0 spiro atoms. The molecule has 136 valence electrons. The minimum Gasteiger partial charge on any atom is -0.462 e. The van der Waals surface area contributed by atoms with Crippen LogP contribution >= 0.6 is 0 Å². The van der Waals surface area contributed by atoms with Crippen molar-refractivity contribution in [2.24, 2.45) is 0 Å². The molecule has 1 fully saturated rings. The lowest BCUT2D eigenvalue weighted by atomic mass is 10.1. The summed E-state index contributed by atoms with van der Waals surface area (Å²) in [6, 6.07) is 2.28. The molecule has 24 heavy (non-hydrogen) atoms. The van der Waals surface area contributed by atoms with Crippen LogP contribution in [0.3, 0.4) is 0 Å². The number of carbonyl (C=O) groups is 2. The molecule has 1 aromatic heterocycles. The van der Waals surface area contributed by atoms with Gasteiger partial charge in [0.05, 0.1) is 0 Å². The first-order valence-electron chi connectivity index (χ1n) is 8.31. The van der Waals surface area contributed by atoms with Crippen molar-refractivity contribution in [1.29, 1.82) is 0 Å². The summed E-state index contributed by atoms with van der Waals surface area (Å²) in [7, 11) is 1.93. The maximum Gasteiger partial charge on any atom is 0.293 e. The third-order valence-corrected chi connectivity index (χ3v) is 3.72. The molecule has 0 bridgehead atoms. The summed E-state index contributed by atoms with van der Waals surface area (Å²) in [6.45, 7) is 11.7. The summed E-state index contributed by atoms with van der Waals surface area (Å²) < 4.78 is 4.55. The van der Waals surface area contributed by atoms with Gasteiger partial charge in [-0.25, -0.2) is 0 Å². The Labute approximate surface area is 144 Å². The van der Waals surface area contributed by atoms with Gasteiger partial charge in [-0.15, -0.1) is 0 Å². The van der Waals surface area contributed by atoms with E-state index >= 15 is 0 Å². The zero-order valence-corrected chi connectivity index (χ0v) is 15.5. The average molecular weight is 338 g/mol. The zero-order valence-electron chi connectivity index (χ0n) is 15.5. The lowest BCUT2D eigenvalue weighted by Gasteiger charge is -2.14. The molecule has 0 aromatic carbocycles. The van der Waals surface area contributed by atoms with Crippen molar-refractivity contribution < 1.29 is 14.3 Å². The molecular weight excluding hydrogens is 308 g/mol. The molecular formula is C17H30N4O3. The summed E-state index contributed by atoms with van der Waals surface area (Å²) in [5, 5.41) is 10.2. The average Bonchev–Trinajstić information content (AvgIpc) is 3.15. The fraction of sp³-hybridized carbons (Fsp3) is 0.706. The number of aromatic nitrogens is 2. The molecule has 1 saturated heterocycles. The van der Waals surface area contributed by atoms with Crippen molar-refractivity contribution in [2.75, 3.05) is 20.1 Å². The first-order valence-corrected chi connectivity index (χ1v) is 8.31. The molecule has 1 amide bonds. The second-order valence-electron chi connectivity index (χ2n) is 7.22.